The maximum Gasteiger partial charge on any atom is 0.255 e. The van der Waals surface area contributed by atoms with Crippen LogP contribution in [0.5, 0.6) is 0 Å². The molecule has 3 aliphatic heterocycles. The van der Waals surface area contributed by atoms with Crippen molar-refractivity contribution in [3.63, 3.8) is 0 Å². The predicted molar refractivity (Wildman–Crippen MR) is 98.7 cm³/mol. The number of rotatable bonds is 4. The van der Waals surface area contributed by atoms with Crippen LogP contribution in [0.2, 0.25) is 0 Å². The van der Waals surface area contributed by atoms with Gasteiger partial charge >= 0.3 is 0 Å². The minimum Gasteiger partial charge on any atom is -0.368 e. The minimum absolute atomic E-state index is 0.187. The number of fused-ring (bicyclic) bond motifs is 1. The zero-order valence-electron chi connectivity index (χ0n) is 15.4. The van der Waals surface area contributed by atoms with Gasteiger partial charge in [0, 0.05) is 44.7 Å². The lowest BCUT2D eigenvalue weighted by Gasteiger charge is -2.34. The molecule has 3 heterocycles. The Labute approximate surface area is 162 Å². The number of benzene rings is 1. The lowest BCUT2D eigenvalue weighted by Crippen LogP contribution is -2.56. The summed E-state index contributed by atoms with van der Waals surface area (Å²) in [4.78, 5) is 51.5. The highest BCUT2D eigenvalue weighted by Gasteiger charge is 2.39. The van der Waals surface area contributed by atoms with Crippen LogP contribution in [-0.2, 0) is 27.5 Å². The quantitative estimate of drug-likeness (QED) is 0.554. The molecule has 1 aromatic carbocycles. The number of piperidine rings is 1. The zero-order chi connectivity index (χ0) is 19.8. The summed E-state index contributed by atoms with van der Waals surface area (Å²) in [6, 6.07) is 4.64. The van der Waals surface area contributed by atoms with Crippen LogP contribution in [0.4, 0.5) is 0 Å². The van der Waals surface area contributed by atoms with Crippen molar-refractivity contribution in [3.8, 4) is 0 Å². The van der Waals surface area contributed by atoms with Crippen molar-refractivity contribution in [2.75, 3.05) is 19.6 Å². The van der Waals surface area contributed by atoms with Gasteiger partial charge in [0.1, 0.15) is 12.1 Å². The summed E-state index contributed by atoms with van der Waals surface area (Å²) in [6.07, 6.45) is 0.581. The van der Waals surface area contributed by atoms with Crippen molar-refractivity contribution < 1.29 is 19.2 Å². The maximum absolute atomic E-state index is 12.7. The van der Waals surface area contributed by atoms with E-state index in [9.17, 15) is 19.2 Å². The van der Waals surface area contributed by atoms with Crippen LogP contribution in [0.1, 0.15) is 34.3 Å². The summed E-state index contributed by atoms with van der Waals surface area (Å²) in [5.74, 6) is -1.25. The van der Waals surface area contributed by atoms with Gasteiger partial charge in [0.05, 0.1) is 0 Å². The van der Waals surface area contributed by atoms with E-state index in [4.69, 9.17) is 5.73 Å². The van der Waals surface area contributed by atoms with Crippen molar-refractivity contribution in [3.05, 3.63) is 34.9 Å². The Bertz CT molecular complexity index is 855. The van der Waals surface area contributed by atoms with Gasteiger partial charge in [-0.1, -0.05) is 12.1 Å². The summed E-state index contributed by atoms with van der Waals surface area (Å²) in [7, 11) is 0. The molecular formula is C19H23N5O4. The fourth-order valence-corrected chi connectivity index (χ4v) is 4.18. The molecular weight excluding hydrogens is 362 g/mol. The summed E-state index contributed by atoms with van der Waals surface area (Å²) < 4.78 is 0. The average Bonchev–Trinajstić information content (AvgIpc) is 2.98. The molecule has 1 aromatic rings. The Balaban J connectivity index is 1.50. The van der Waals surface area contributed by atoms with E-state index in [0.29, 0.717) is 38.2 Å². The van der Waals surface area contributed by atoms with Gasteiger partial charge in [0.2, 0.25) is 17.7 Å². The minimum atomic E-state index is -0.617. The Morgan fingerprint density at radius 3 is 2.82 bits per heavy atom. The summed E-state index contributed by atoms with van der Waals surface area (Å²) >= 11 is 0. The largest absolute Gasteiger partial charge is 0.368 e. The normalized spacial score (nSPS) is 25.6. The third kappa shape index (κ3) is 3.38. The van der Waals surface area contributed by atoms with E-state index in [1.807, 2.05) is 17.0 Å². The predicted octanol–water partition coefficient (Wildman–Crippen LogP) is -1.29. The second kappa shape index (κ2) is 7.33. The van der Waals surface area contributed by atoms with E-state index < -0.39 is 11.9 Å². The number of carbonyl (C=O) groups is 4. The monoisotopic (exact) mass is 385 g/mol. The van der Waals surface area contributed by atoms with Gasteiger partial charge in [-0.15, -0.1) is 0 Å². The number of nitrogens with one attached hydrogen (secondary N) is 2. The number of hydrogen-bond donors (Lipinski definition) is 3. The number of nitrogens with zero attached hydrogens (tertiary/aromatic N) is 2. The van der Waals surface area contributed by atoms with Gasteiger partial charge in [0.25, 0.3) is 5.91 Å². The molecule has 148 valence electrons. The molecule has 28 heavy (non-hydrogen) atoms. The Morgan fingerprint density at radius 2 is 2.07 bits per heavy atom. The lowest BCUT2D eigenvalue weighted by molar-refractivity contribution is -0.137. The molecule has 2 unspecified atom stereocenters. The van der Waals surface area contributed by atoms with Gasteiger partial charge in [-0.2, -0.15) is 0 Å². The summed E-state index contributed by atoms with van der Waals surface area (Å²) in [6.45, 7) is 2.94. The number of piperazine rings is 1. The van der Waals surface area contributed by atoms with Crippen LogP contribution < -0.4 is 16.4 Å². The lowest BCUT2D eigenvalue weighted by atomic mass is 10.0. The molecule has 0 bridgehead atoms. The van der Waals surface area contributed by atoms with Gasteiger partial charge in [0.15, 0.2) is 0 Å². The number of imide groups is 1. The SMILES string of the molecule is NC(=O)C1CNCCN1Cc1ccc2c(c1)CN(C1CCC(=O)NC1=O)C2=O. The molecule has 2 atom stereocenters. The highest BCUT2D eigenvalue weighted by atomic mass is 16.2. The van der Waals surface area contributed by atoms with Crippen LogP contribution in [-0.4, -0.2) is 65.1 Å². The number of primary amides is 1. The Morgan fingerprint density at radius 1 is 1.25 bits per heavy atom. The Kier molecular flexibility index (Phi) is 4.86. The van der Waals surface area contributed by atoms with Crippen LogP contribution in [0.15, 0.2) is 18.2 Å². The van der Waals surface area contributed by atoms with Crippen molar-refractivity contribution >= 4 is 23.6 Å². The fraction of sp³-hybridized carbons (Fsp3) is 0.474. The standard InChI is InChI=1S/C19H23N5O4/c20-17(26)15-8-21-5-6-23(15)9-11-1-2-13-12(7-11)10-24(19(13)28)14-3-4-16(25)22-18(14)27/h1-2,7,14-15,21H,3-6,8-10H2,(H2,20,26)(H,22,25,27). The molecule has 0 aliphatic carbocycles. The molecule has 0 aromatic heterocycles. The number of hydrogen-bond acceptors (Lipinski definition) is 6. The summed E-state index contributed by atoms with van der Waals surface area (Å²) in [5, 5.41) is 5.48. The van der Waals surface area contributed by atoms with Crippen LogP contribution in [0, 0.1) is 0 Å². The maximum atomic E-state index is 12.7. The van der Waals surface area contributed by atoms with E-state index in [0.717, 1.165) is 17.7 Å². The molecule has 2 saturated heterocycles. The number of carbonyl (C=O) groups excluding carboxylic acids is 4. The van der Waals surface area contributed by atoms with Crippen LogP contribution >= 0.6 is 0 Å². The third-order valence-electron chi connectivity index (χ3n) is 5.66. The molecule has 4 amide bonds. The first kappa shape index (κ1) is 18.6. The first-order valence-corrected chi connectivity index (χ1v) is 9.44. The second-order valence-electron chi connectivity index (χ2n) is 7.48. The molecule has 4 rings (SSSR count). The van der Waals surface area contributed by atoms with E-state index in [1.54, 1.807) is 6.07 Å². The van der Waals surface area contributed by atoms with Crippen molar-refractivity contribution in [2.45, 2.75) is 38.0 Å². The smallest absolute Gasteiger partial charge is 0.255 e. The van der Waals surface area contributed by atoms with E-state index in [1.165, 1.54) is 4.90 Å². The molecule has 0 spiro atoms. The summed E-state index contributed by atoms with van der Waals surface area (Å²) in [5.41, 5.74) is 7.94. The van der Waals surface area contributed by atoms with Crippen LogP contribution in [0.3, 0.4) is 0 Å². The zero-order valence-corrected chi connectivity index (χ0v) is 15.4. The van der Waals surface area contributed by atoms with Gasteiger partial charge in [-0.05, 0) is 23.6 Å². The van der Waals surface area contributed by atoms with Crippen molar-refractivity contribution in [1.29, 1.82) is 0 Å². The first-order chi connectivity index (χ1) is 13.4. The van der Waals surface area contributed by atoms with E-state index in [-0.39, 0.29) is 30.2 Å². The molecule has 0 radical (unpaired) electrons. The van der Waals surface area contributed by atoms with E-state index in [2.05, 4.69) is 10.6 Å². The molecule has 2 fully saturated rings. The van der Waals surface area contributed by atoms with E-state index >= 15 is 0 Å². The number of nitrogens with two attached hydrogens (primary N) is 1. The molecule has 9 nitrogen and oxygen atoms in total. The average molecular weight is 385 g/mol. The molecule has 9 heteroatoms. The van der Waals surface area contributed by atoms with Gasteiger partial charge in [-0.3, -0.25) is 29.4 Å². The van der Waals surface area contributed by atoms with Gasteiger partial charge < -0.3 is 16.0 Å². The van der Waals surface area contributed by atoms with Crippen molar-refractivity contribution in [1.82, 2.24) is 20.4 Å². The molecule has 0 saturated carbocycles. The molecule has 4 N–H and O–H groups in total. The Hall–Kier alpha value is -2.78. The first-order valence-electron chi connectivity index (χ1n) is 9.44. The fourth-order valence-electron chi connectivity index (χ4n) is 4.18. The van der Waals surface area contributed by atoms with Crippen LogP contribution in [0.25, 0.3) is 0 Å². The molecule has 3 aliphatic rings. The van der Waals surface area contributed by atoms with Crippen molar-refractivity contribution in [2.24, 2.45) is 5.73 Å². The highest BCUT2D eigenvalue weighted by Crippen LogP contribution is 2.28. The topological polar surface area (TPSA) is 125 Å². The van der Waals surface area contributed by atoms with Gasteiger partial charge in [-0.25, -0.2) is 0 Å². The second-order valence-corrected chi connectivity index (χ2v) is 7.48. The highest BCUT2D eigenvalue weighted by molar-refractivity contribution is 6.05. The third-order valence-corrected chi connectivity index (χ3v) is 5.66. The number of amides is 4.